The maximum atomic E-state index is 12.4. The van der Waals surface area contributed by atoms with Crippen LogP contribution in [0, 0.1) is 10.1 Å². The Bertz CT molecular complexity index is 746. The first kappa shape index (κ1) is 17.4. The highest BCUT2D eigenvalue weighted by Crippen LogP contribution is 2.24. The van der Waals surface area contributed by atoms with Crippen LogP contribution in [0.25, 0.3) is 0 Å². The third-order valence-electron chi connectivity index (χ3n) is 3.50. The molecule has 0 spiro atoms. The first-order valence-corrected chi connectivity index (χ1v) is 7.23. The van der Waals surface area contributed by atoms with Crippen molar-refractivity contribution in [2.45, 2.75) is 13.2 Å². The summed E-state index contributed by atoms with van der Waals surface area (Å²) in [7, 11) is 3.01. The molecule has 0 unspecified atom stereocenters. The molecule has 0 saturated heterocycles. The van der Waals surface area contributed by atoms with Gasteiger partial charge in [0.05, 0.1) is 24.2 Å². The molecule has 0 aliphatic carbocycles. The molecule has 0 aliphatic rings. The third kappa shape index (κ3) is 4.08. The highest BCUT2D eigenvalue weighted by Gasteiger charge is 2.17. The number of hydrogen-bond donors (Lipinski definition) is 1. The van der Waals surface area contributed by atoms with Crippen molar-refractivity contribution in [1.82, 2.24) is 5.32 Å². The van der Waals surface area contributed by atoms with Crippen LogP contribution in [0.4, 0.5) is 5.69 Å². The third-order valence-corrected chi connectivity index (χ3v) is 3.50. The number of nitro benzene ring substituents is 1. The standard InChI is InChI=1S/C17H18N2O5/c1-23-11-13-6-4-3-5-12(13)10-18-17(20)15-9-14(19(21)22)7-8-16(15)24-2/h3-9H,10-11H2,1-2H3,(H,18,20). The lowest BCUT2D eigenvalue weighted by atomic mass is 10.1. The first-order valence-electron chi connectivity index (χ1n) is 7.23. The SMILES string of the molecule is COCc1ccccc1CNC(=O)c1cc([N+](=O)[O-])ccc1OC. The number of non-ortho nitro benzene ring substituents is 1. The monoisotopic (exact) mass is 330 g/mol. The number of nitrogens with zero attached hydrogens (tertiary/aromatic N) is 1. The second-order valence-electron chi connectivity index (χ2n) is 5.03. The van der Waals surface area contributed by atoms with Gasteiger partial charge in [-0.3, -0.25) is 14.9 Å². The molecule has 24 heavy (non-hydrogen) atoms. The molecule has 0 aromatic heterocycles. The lowest BCUT2D eigenvalue weighted by molar-refractivity contribution is -0.384. The normalized spacial score (nSPS) is 10.2. The van der Waals surface area contributed by atoms with Crippen LogP contribution < -0.4 is 10.1 Å². The van der Waals surface area contributed by atoms with E-state index in [0.717, 1.165) is 11.1 Å². The van der Waals surface area contributed by atoms with E-state index < -0.39 is 10.8 Å². The van der Waals surface area contributed by atoms with Crippen LogP contribution in [0.1, 0.15) is 21.5 Å². The Morgan fingerprint density at radius 2 is 1.88 bits per heavy atom. The number of amides is 1. The summed E-state index contributed by atoms with van der Waals surface area (Å²) in [5, 5.41) is 13.6. The van der Waals surface area contributed by atoms with Crippen LogP contribution in [-0.2, 0) is 17.9 Å². The number of methoxy groups -OCH3 is 2. The van der Waals surface area contributed by atoms with Crippen LogP contribution in [0.3, 0.4) is 0 Å². The minimum absolute atomic E-state index is 0.121. The number of hydrogen-bond acceptors (Lipinski definition) is 5. The van der Waals surface area contributed by atoms with Gasteiger partial charge in [0, 0.05) is 25.8 Å². The van der Waals surface area contributed by atoms with E-state index in [1.165, 1.54) is 25.3 Å². The van der Waals surface area contributed by atoms with E-state index in [1.54, 1.807) is 7.11 Å². The second-order valence-corrected chi connectivity index (χ2v) is 5.03. The number of ether oxygens (including phenoxy) is 2. The van der Waals surface area contributed by atoms with Crippen molar-refractivity contribution in [3.8, 4) is 5.75 Å². The molecule has 7 heteroatoms. The first-order chi connectivity index (χ1) is 11.6. The fraction of sp³-hybridized carbons (Fsp3) is 0.235. The summed E-state index contributed by atoms with van der Waals surface area (Å²) in [6.45, 7) is 0.719. The predicted molar refractivity (Wildman–Crippen MR) is 88.0 cm³/mol. The van der Waals surface area contributed by atoms with E-state index in [9.17, 15) is 14.9 Å². The minimum atomic E-state index is -0.551. The van der Waals surface area contributed by atoms with Crippen LogP contribution in [0.2, 0.25) is 0 Å². The molecular formula is C17H18N2O5. The Morgan fingerprint density at radius 3 is 2.50 bits per heavy atom. The molecule has 0 heterocycles. The van der Waals surface area contributed by atoms with Gasteiger partial charge in [0.25, 0.3) is 11.6 Å². The average molecular weight is 330 g/mol. The molecule has 2 aromatic rings. The maximum Gasteiger partial charge on any atom is 0.270 e. The zero-order valence-electron chi connectivity index (χ0n) is 13.4. The summed E-state index contributed by atoms with van der Waals surface area (Å²) >= 11 is 0. The Labute approximate surface area is 139 Å². The fourth-order valence-corrected chi connectivity index (χ4v) is 2.28. The number of nitro groups is 1. The summed E-state index contributed by atoms with van der Waals surface area (Å²) in [6.07, 6.45) is 0. The number of carbonyl (C=O) groups is 1. The molecule has 0 atom stereocenters. The van der Waals surface area contributed by atoms with Crippen molar-refractivity contribution < 1.29 is 19.2 Å². The van der Waals surface area contributed by atoms with Crippen molar-refractivity contribution in [2.24, 2.45) is 0 Å². The van der Waals surface area contributed by atoms with Gasteiger partial charge in [0.1, 0.15) is 5.75 Å². The zero-order chi connectivity index (χ0) is 17.5. The van der Waals surface area contributed by atoms with E-state index in [4.69, 9.17) is 9.47 Å². The summed E-state index contributed by atoms with van der Waals surface area (Å²) in [6, 6.07) is 11.5. The van der Waals surface area contributed by atoms with E-state index in [0.29, 0.717) is 6.61 Å². The molecule has 1 amide bonds. The van der Waals surface area contributed by atoms with Crippen LogP contribution in [0.15, 0.2) is 42.5 Å². The van der Waals surface area contributed by atoms with Gasteiger partial charge in [-0.05, 0) is 17.2 Å². The summed E-state index contributed by atoms with van der Waals surface area (Å²) in [5.41, 5.74) is 1.83. The molecule has 0 bridgehead atoms. The van der Waals surface area contributed by atoms with Crippen molar-refractivity contribution >= 4 is 11.6 Å². The lowest BCUT2D eigenvalue weighted by Crippen LogP contribution is -2.24. The number of rotatable bonds is 7. The summed E-state index contributed by atoms with van der Waals surface area (Å²) in [4.78, 5) is 22.7. The highest BCUT2D eigenvalue weighted by molar-refractivity contribution is 5.97. The lowest BCUT2D eigenvalue weighted by Gasteiger charge is -2.12. The van der Waals surface area contributed by atoms with Crippen molar-refractivity contribution in [2.75, 3.05) is 14.2 Å². The Balaban J connectivity index is 2.18. The van der Waals surface area contributed by atoms with Gasteiger partial charge < -0.3 is 14.8 Å². The topological polar surface area (TPSA) is 90.7 Å². The number of carbonyl (C=O) groups excluding carboxylic acids is 1. The second kappa shape index (κ2) is 8.07. The quantitative estimate of drug-likeness (QED) is 0.622. The molecular weight excluding hydrogens is 312 g/mol. The number of benzene rings is 2. The van der Waals surface area contributed by atoms with Crippen molar-refractivity contribution in [3.63, 3.8) is 0 Å². The summed E-state index contributed by atoms with van der Waals surface area (Å²) < 4.78 is 10.2. The molecule has 2 aromatic carbocycles. The maximum absolute atomic E-state index is 12.4. The van der Waals surface area contributed by atoms with E-state index in [1.807, 2.05) is 24.3 Å². The smallest absolute Gasteiger partial charge is 0.270 e. The minimum Gasteiger partial charge on any atom is -0.496 e. The molecule has 0 aliphatic heterocycles. The van der Waals surface area contributed by atoms with Gasteiger partial charge >= 0.3 is 0 Å². The Kier molecular flexibility index (Phi) is 5.86. The van der Waals surface area contributed by atoms with Gasteiger partial charge in [-0.1, -0.05) is 24.3 Å². The van der Waals surface area contributed by atoms with Crippen LogP contribution in [-0.4, -0.2) is 25.1 Å². The van der Waals surface area contributed by atoms with E-state index in [-0.39, 0.29) is 23.5 Å². The predicted octanol–water partition coefficient (Wildman–Crippen LogP) is 2.68. The average Bonchev–Trinajstić information content (AvgIpc) is 2.60. The Morgan fingerprint density at radius 1 is 1.17 bits per heavy atom. The summed E-state index contributed by atoms with van der Waals surface area (Å²) in [5.74, 6) is -0.161. The Hall–Kier alpha value is -2.93. The van der Waals surface area contributed by atoms with Crippen LogP contribution in [0.5, 0.6) is 5.75 Å². The fourth-order valence-electron chi connectivity index (χ4n) is 2.28. The zero-order valence-corrected chi connectivity index (χ0v) is 13.4. The van der Waals surface area contributed by atoms with E-state index in [2.05, 4.69) is 5.32 Å². The van der Waals surface area contributed by atoms with Gasteiger partial charge in [0.15, 0.2) is 0 Å². The molecule has 7 nitrogen and oxygen atoms in total. The van der Waals surface area contributed by atoms with Gasteiger partial charge in [0.2, 0.25) is 0 Å². The molecule has 0 radical (unpaired) electrons. The molecule has 0 fully saturated rings. The highest BCUT2D eigenvalue weighted by atomic mass is 16.6. The molecule has 1 N–H and O–H groups in total. The van der Waals surface area contributed by atoms with Crippen LogP contribution >= 0.6 is 0 Å². The van der Waals surface area contributed by atoms with Gasteiger partial charge in [-0.2, -0.15) is 0 Å². The molecule has 126 valence electrons. The molecule has 0 saturated carbocycles. The molecule has 2 rings (SSSR count). The van der Waals surface area contributed by atoms with E-state index >= 15 is 0 Å². The largest absolute Gasteiger partial charge is 0.496 e. The number of nitrogens with one attached hydrogen (secondary N) is 1. The van der Waals surface area contributed by atoms with Gasteiger partial charge in [-0.25, -0.2) is 0 Å². The van der Waals surface area contributed by atoms with Crippen molar-refractivity contribution in [1.29, 1.82) is 0 Å². The van der Waals surface area contributed by atoms with Gasteiger partial charge in [-0.15, -0.1) is 0 Å². The van der Waals surface area contributed by atoms with Crippen molar-refractivity contribution in [3.05, 3.63) is 69.3 Å².